The number of amidine groups is 1. The molecular formula is C15H17N3OS. The van der Waals surface area contributed by atoms with E-state index in [-0.39, 0.29) is 5.84 Å². The number of aromatic nitrogens is 1. The van der Waals surface area contributed by atoms with Crippen molar-refractivity contribution in [2.24, 2.45) is 5.73 Å². The van der Waals surface area contributed by atoms with Gasteiger partial charge < -0.3 is 10.5 Å². The molecule has 0 amide bonds. The number of rotatable bonds is 4. The molecule has 2 aromatic rings. The Morgan fingerprint density at radius 2 is 1.90 bits per heavy atom. The van der Waals surface area contributed by atoms with Gasteiger partial charge in [0.2, 0.25) is 5.88 Å². The Balaban J connectivity index is 2.39. The molecule has 1 aromatic carbocycles. The van der Waals surface area contributed by atoms with E-state index >= 15 is 0 Å². The molecule has 104 valence electrons. The highest BCUT2D eigenvalue weighted by Gasteiger charge is 2.13. The topological polar surface area (TPSA) is 72.0 Å². The Labute approximate surface area is 122 Å². The number of aryl methyl sites for hydroxylation is 2. The number of benzene rings is 1. The van der Waals surface area contributed by atoms with Crippen LogP contribution in [0.1, 0.15) is 16.8 Å². The smallest absolute Gasteiger partial charge is 0.230 e. The van der Waals surface area contributed by atoms with Gasteiger partial charge in [-0.2, -0.15) is 0 Å². The van der Waals surface area contributed by atoms with Gasteiger partial charge in [0.15, 0.2) is 0 Å². The standard InChI is InChI=1S/C15H17N3OS/c1-9-8-10(2)18-15(13(9)14(16)17)19-11-4-6-12(20-3)7-5-11/h4-8H,1-3H3,(H3,16,17). The van der Waals surface area contributed by atoms with Gasteiger partial charge in [0, 0.05) is 10.6 Å². The summed E-state index contributed by atoms with van der Waals surface area (Å²) >= 11 is 1.67. The van der Waals surface area contributed by atoms with E-state index in [0.717, 1.165) is 16.2 Å². The number of nitrogens with one attached hydrogen (secondary N) is 1. The number of hydrogen-bond acceptors (Lipinski definition) is 4. The summed E-state index contributed by atoms with van der Waals surface area (Å²) in [6.45, 7) is 3.79. The molecule has 0 saturated heterocycles. The molecule has 20 heavy (non-hydrogen) atoms. The molecule has 0 radical (unpaired) electrons. The lowest BCUT2D eigenvalue weighted by Crippen LogP contribution is -2.15. The van der Waals surface area contributed by atoms with Crippen LogP contribution in [0, 0.1) is 19.3 Å². The van der Waals surface area contributed by atoms with Gasteiger partial charge in [-0.05, 0) is 56.0 Å². The van der Waals surface area contributed by atoms with Crippen LogP contribution < -0.4 is 10.5 Å². The maximum atomic E-state index is 7.67. The lowest BCUT2D eigenvalue weighted by molar-refractivity contribution is 0.459. The maximum Gasteiger partial charge on any atom is 0.230 e. The third-order valence-electron chi connectivity index (χ3n) is 2.85. The summed E-state index contributed by atoms with van der Waals surface area (Å²) in [4.78, 5) is 5.51. The lowest BCUT2D eigenvalue weighted by Gasteiger charge is -2.12. The normalized spacial score (nSPS) is 10.3. The first kappa shape index (κ1) is 14.4. The minimum Gasteiger partial charge on any atom is -0.438 e. The highest BCUT2D eigenvalue weighted by atomic mass is 32.2. The zero-order chi connectivity index (χ0) is 14.7. The zero-order valence-corrected chi connectivity index (χ0v) is 12.5. The molecule has 1 aromatic heterocycles. The highest BCUT2D eigenvalue weighted by molar-refractivity contribution is 7.98. The van der Waals surface area contributed by atoms with Crippen LogP contribution in [0.25, 0.3) is 0 Å². The van der Waals surface area contributed by atoms with E-state index in [1.807, 2.05) is 50.4 Å². The summed E-state index contributed by atoms with van der Waals surface area (Å²) in [7, 11) is 0. The summed E-state index contributed by atoms with van der Waals surface area (Å²) in [6.07, 6.45) is 2.02. The Morgan fingerprint density at radius 1 is 1.25 bits per heavy atom. The quantitative estimate of drug-likeness (QED) is 0.513. The second kappa shape index (κ2) is 5.96. The van der Waals surface area contributed by atoms with Crippen LogP contribution in [0.3, 0.4) is 0 Å². The van der Waals surface area contributed by atoms with Gasteiger partial charge in [0.25, 0.3) is 0 Å². The number of pyridine rings is 1. The molecular weight excluding hydrogens is 270 g/mol. The SMILES string of the molecule is CSc1ccc(Oc2nc(C)cc(C)c2C(=N)N)cc1. The van der Waals surface area contributed by atoms with Crippen LogP contribution >= 0.6 is 11.8 Å². The number of ether oxygens (including phenoxy) is 1. The minimum absolute atomic E-state index is 0.0364. The molecule has 0 aliphatic carbocycles. The van der Waals surface area contributed by atoms with Crippen molar-refractivity contribution in [1.82, 2.24) is 4.98 Å². The largest absolute Gasteiger partial charge is 0.438 e. The molecule has 2 rings (SSSR count). The Bertz CT molecular complexity index is 638. The fourth-order valence-corrected chi connectivity index (χ4v) is 2.37. The van der Waals surface area contributed by atoms with Gasteiger partial charge in [0.1, 0.15) is 11.6 Å². The van der Waals surface area contributed by atoms with Gasteiger partial charge in [-0.1, -0.05) is 0 Å². The van der Waals surface area contributed by atoms with Crippen molar-refractivity contribution in [3.63, 3.8) is 0 Å². The summed E-state index contributed by atoms with van der Waals surface area (Å²) < 4.78 is 5.79. The number of nitrogens with zero attached hydrogens (tertiary/aromatic N) is 1. The minimum atomic E-state index is -0.0364. The molecule has 0 bridgehead atoms. The van der Waals surface area contributed by atoms with Crippen LogP contribution in [0.4, 0.5) is 0 Å². The van der Waals surface area contributed by atoms with Crippen molar-refractivity contribution in [2.75, 3.05) is 6.26 Å². The molecule has 0 aliphatic rings. The van der Waals surface area contributed by atoms with E-state index in [2.05, 4.69) is 4.98 Å². The summed E-state index contributed by atoms with van der Waals surface area (Å²) in [5.41, 5.74) is 7.90. The van der Waals surface area contributed by atoms with Crippen molar-refractivity contribution in [2.45, 2.75) is 18.7 Å². The van der Waals surface area contributed by atoms with Crippen molar-refractivity contribution in [3.8, 4) is 11.6 Å². The Kier molecular flexibility index (Phi) is 4.29. The van der Waals surface area contributed by atoms with Gasteiger partial charge in [-0.3, -0.25) is 5.41 Å². The Morgan fingerprint density at radius 3 is 2.45 bits per heavy atom. The van der Waals surface area contributed by atoms with Gasteiger partial charge in [-0.15, -0.1) is 11.8 Å². The van der Waals surface area contributed by atoms with Crippen molar-refractivity contribution < 1.29 is 4.74 Å². The molecule has 1 heterocycles. The fourth-order valence-electron chi connectivity index (χ4n) is 1.96. The number of thioether (sulfide) groups is 1. The molecule has 0 saturated carbocycles. The van der Waals surface area contributed by atoms with Crippen molar-refractivity contribution >= 4 is 17.6 Å². The third-order valence-corrected chi connectivity index (χ3v) is 3.60. The second-order valence-electron chi connectivity index (χ2n) is 4.45. The lowest BCUT2D eigenvalue weighted by atomic mass is 10.1. The molecule has 0 unspecified atom stereocenters. The van der Waals surface area contributed by atoms with E-state index in [9.17, 15) is 0 Å². The second-order valence-corrected chi connectivity index (χ2v) is 5.33. The average Bonchev–Trinajstić information content (AvgIpc) is 2.38. The molecule has 0 atom stereocenters. The predicted octanol–water partition coefficient (Wildman–Crippen LogP) is 3.50. The molecule has 3 N–H and O–H groups in total. The number of nitrogens with two attached hydrogens (primary N) is 1. The number of nitrogen functional groups attached to an aromatic ring is 1. The van der Waals surface area contributed by atoms with E-state index in [1.165, 1.54) is 0 Å². The summed E-state index contributed by atoms with van der Waals surface area (Å²) in [6, 6.07) is 9.62. The van der Waals surface area contributed by atoms with E-state index in [0.29, 0.717) is 17.2 Å². The van der Waals surface area contributed by atoms with Crippen LogP contribution in [0.2, 0.25) is 0 Å². The van der Waals surface area contributed by atoms with Crippen LogP contribution in [-0.2, 0) is 0 Å². The fraction of sp³-hybridized carbons (Fsp3) is 0.200. The number of hydrogen-bond donors (Lipinski definition) is 2. The van der Waals surface area contributed by atoms with Crippen LogP contribution in [0.15, 0.2) is 35.2 Å². The summed E-state index contributed by atoms with van der Waals surface area (Å²) in [5, 5.41) is 7.67. The average molecular weight is 287 g/mol. The van der Waals surface area contributed by atoms with Crippen molar-refractivity contribution in [3.05, 3.63) is 47.2 Å². The van der Waals surface area contributed by atoms with Gasteiger partial charge in [-0.25, -0.2) is 4.98 Å². The monoisotopic (exact) mass is 287 g/mol. The van der Waals surface area contributed by atoms with E-state index < -0.39 is 0 Å². The van der Waals surface area contributed by atoms with Crippen molar-refractivity contribution in [1.29, 1.82) is 5.41 Å². The van der Waals surface area contributed by atoms with E-state index in [1.54, 1.807) is 11.8 Å². The molecule has 0 fully saturated rings. The first-order valence-corrected chi connectivity index (χ1v) is 7.38. The molecule has 0 spiro atoms. The first-order valence-electron chi connectivity index (χ1n) is 6.16. The molecule has 4 nitrogen and oxygen atoms in total. The zero-order valence-electron chi connectivity index (χ0n) is 11.7. The highest BCUT2D eigenvalue weighted by Crippen LogP contribution is 2.27. The molecule has 0 aliphatic heterocycles. The van der Waals surface area contributed by atoms with Crippen LogP contribution in [0.5, 0.6) is 11.6 Å². The van der Waals surface area contributed by atoms with E-state index in [4.69, 9.17) is 15.9 Å². The van der Waals surface area contributed by atoms with Crippen LogP contribution in [-0.4, -0.2) is 17.1 Å². The third kappa shape index (κ3) is 3.11. The van der Waals surface area contributed by atoms with Gasteiger partial charge >= 0.3 is 0 Å². The Hall–Kier alpha value is -2.01. The molecule has 5 heteroatoms. The first-order chi connectivity index (χ1) is 9.51. The van der Waals surface area contributed by atoms with Gasteiger partial charge in [0.05, 0.1) is 5.56 Å². The summed E-state index contributed by atoms with van der Waals surface area (Å²) in [5.74, 6) is 1.03. The predicted molar refractivity (Wildman–Crippen MR) is 83.0 cm³/mol. The maximum absolute atomic E-state index is 7.67.